The Morgan fingerprint density at radius 3 is 2.50 bits per heavy atom. The molecule has 0 aliphatic rings. The highest BCUT2D eigenvalue weighted by Gasteiger charge is 2.03. The standard InChI is InChI=1S/C11H18N2O2S/c1-9(2)4-5-10-6-7-11(12-8-10)13-16(3,14)15/h6-9H,4-5H2,1-3H3,(H,12,13). The maximum absolute atomic E-state index is 10.9. The molecule has 1 aromatic rings. The fraction of sp³-hybridized carbons (Fsp3) is 0.545. The van der Waals surface area contributed by atoms with Crippen LogP contribution in [0.1, 0.15) is 25.8 Å². The van der Waals surface area contributed by atoms with Crippen LogP contribution in [0.5, 0.6) is 0 Å². The van der Waals surface area contributed by atoms with Gasteiger partial charge in [-0.05, 0) is 30.4 Å². The van der Waals surface area contributed by atoms with E-state index in [0.717, 1.165) is 24.7 Å². The average molecular weight is 242 g/mol. The largest absolute Gasteiger partial charge is 0.268 e. The van der Waals surface area contributed by atoms with Crippen LogP contribution in [-0.2, 0) is 16.4 Å². The molecule has 1 rings (SSSR count). The first-order chi connectivity index (χ1) is 7.37. The van der Waals surface area contributed by atoms with Crippen molar-refractivity contribution >= 4 is 15.8 Å². The molecule has 1 heterocycles. The van der Waals surface area contributed by atoms with Crippen LogP contribution < -0.4 is 4.72 Å². The molecule has 0 aliphatic carbocycles. The van der Waals surface area contributed by atoms with E-state index in [0.29, 0.717) is 11.7 Å². The molecule has 0 amide bonds. The Hall–Kier alpha value is -1.10. The van der Waals surface area contributed by atoms with Gasteiger partial charge in [0.1, 0.15) is 5.82 Å². The van der Waals surface area contributed by atoms with Crippen molar-refractivity contribution < 1.29 is 8.42 Å². The van der Waals surface area contributed by atoms with E-state index in [9.17, 15) is 8.42 Å². The van der Waals surface area contributed by atoms with Gasteiger partial charge in [0.05, 0.1) is 6.26 Å². The highest BCUT2D eigenvalue weighted by molar-refractivity contribution is 7.92. The van der Waals surface area contributed by atoms with Crippen LogP contribution in [0.25, 0.3) is 0 Å². The number of hydrogen-bond acceptors (Lipinski definition) is 3. The lowest BCUT2D eigenvalue weighted by molar-refractivity contribution is 0.586. The minimum Gasteiger partial charge on any atom is -0.268 e. The second-order valence-corrected chi connectivity index (χ2v) is 6.11. The van der Waals surface area contributed by atoms with Crippen molar-refractivity contribution in [2.75, 3.05) is 11.0 Å². The van der Waals surface area contributed by atoms with Gasteiger partial charge >= 0.3 is 0 Å². The van der Waals surface area contributed by atoms with Gasteiger partial charge in [0, 0.05) is 6.20 Å². The van der Waals surface area contributed by atoms with Crippen LogP contribution in [0, 0.1) is 5.92 Å². The molecule has 0 spiro atoms. The minimum atomic E-state index is -3.23. The van der Waals surface area contributed by atoms with E-state index >= 15 is 0 Å². The second-order valence-electron chi connectivity index (χ2n) is 4.36. The van der Waals surface area contributed by atoms with Gasteiger partial charge in [0.2, 0.25) is 10.0 Å². The zero-order valence-corrected chi connectivity index (χ0v) is 10.7. The maximum atomic E-state index is 10.9. The van der Waals surface area contributed by atoms with Gasteiger partial charge in [-0.2, -0.15) is 0 Å². The number of nitrogens with one attached hydrogen (secondary N) is 1. The summed E-state index contributed by atoms with van der Waals surface area (Å²) in [7, 11) is -3.23. The Morgan fingerprint density at radius 1 is 1.38 bits per heavy atom. The predicted molar refractivity (Wildman–Crippen MR) is 65.9 cm³/mol. The lowest BCUT2D eigenvalue weighted by Crippen LogP contribution is -2.10. The molecule has 4 nitrogen and oxygen atoms in total. The monoisotopic (exact) mass is 242 g/mol. The van der Waals surface area contributed by atoms with Crippen molar-refractivity contribution in [2.45, 2.75) is 26.7 Å². The third-order valence-electron chi connectivity index (χ3n) is 2.13. The van der Waals surface area contributed by atoms with Crippen molar-refractivity contribution in [3.8, 4) is 0 Å². The fourth-order valence-corrected chi connectivity index (χ4v) is 1.78. The van der Waals surface area contributed by atoms with Crippen molar-refractivity contribution in [1.29, 1.82) is 0 Å². The zero-order chi connectivity index (χ0) is 12.2. The van der Waals surface area contributed by atoms with Crippen LogP contribution in [0.4, 0.5) is 5.82 Å². The molecule has 0 atom stereocenters. The van der Waals surface area contributed by atoms with Gasteiger partial charge in [-0.1, -0.05) is 19.9 Å². The summed E-state index contributed by atoms with van der Waals surface area (Å²) in [4.78, 5) is 4.05. The molecule has 0 fully saturated rings. The number of sulfonamides is 1. The highest BCUT2D eigenvalue weighted by atomic mass is 32.2. The molecule has 0 aliphatic heterocycles. The summed E-state index contributed by atoms with van der Waals surface area (Å²) in [5.74, 6) is 1.03. The molecular formula is C11H18N2O2S. The van der Waals surface area contributed by atoms with E-state index in [1.165, 1.54) is 0 Å². The van der Waals surface area contributed by atoms with Crippen LogP contribution in [0.2, 0.25) is 0 Å². The van der Waals surface area contributed by atoms with Crippen LogP contribution in [-0.4, -0.2) is 19.7 Å². The van der Waals surface area contributed by atoms with Crippen molar-refractivity contribution in [1.82, 2.24) is 4.98 Å². The predicted octanol–water partition coefficient (Wildman–Crippen LogP) is 2.04. The number of pyridine rings is 1. The molecule has 0 radical (unpaired) electrons. The summed E-state index contributed by atoms with van der Waals surface area (Å²) < 4.78 is 24.2. The fourth-order valence-electron chi connectivity index (χ4n) is 1.28. The Labute approximate surface area is 97.2 Å². The molecule has 1 N–H and O–H groups in total. The van der Waals surface area contributed by atoms with Gasteiger partial charge < -0.3 is 0 Å². The number of aryl methyl sites for hydroxylation is 1. The van der Waals surface area contributed by atoms with Crippen molar-refractivity contribution in [2.24, 2.45) is 5.92 Å². The van der Waals surface area contributed by atoms with Crippen LogP contribution >= 0.6 is 0 Å². The maximum Gasteiger partial charge on any atom is 0.230 e. The Balaban J connectivity index is 2.61. The van der Waals surface area contributed by atoms with Gasteiger partial charge in [-0.15, -0.1) is 0 Å². The molecule has 0 bridgehead atoms. The topological polar surface area (TPSA) is 59.1 Å². The third-order valence-corrected chi connectivity index (χ3v) is 2.70. The van der Waals surface area contributed by atoms with Gasteiger partial charge in [0.25, 0.3) is 0 Å². The number of aromatic nitrogens is 1. The SMILES string of the molecule is CC(C)CCc1ccc(NS(C)(=O)=O)nc1. The molecule has 0 saturated carbocycles. The normalized spacial score (nSPS) is 11.8. The Bertz CT molecular complexity index is 424. The van der Waals surface area contributed by atoms with E-state index in [2.05, 4.69) is 23.6 Å². The molecule has 0 aromatic carbocycles. The summed E-state index contributed by atoms with van der Waals surface area (Å²) in [6.45, 7) is 4.35. The Morgan fingerprint density at radius 2 is 2.06 bits per heavy atom. The summed E-state index contributed by atoms with van der Waals surface area (Å²) >= 11 is 0. The van der Waals surface area contributed by atoms with E-state index in [1.807, 2.05) is 6.07 Å². The summed E-state index contributed by atoms with van der Waals surface area (Å²) in [6, 6.07) is 3.60. The summed E-state index contributed by atoms with van der Waals surface area (Å²) in [5.41, 5.74) is 1.13. The number of rotatable bonds is 5. The highest BCUT2D eigenvalue weighted by Crippen LogP contribution is 2.11. The van der Waals surface area contributed by atoms with Crippen molar-refractivity contribution in [3.05, 3.63) is 23.9 Å². The van der Waals surface area contributed by atoms with E-state index in [1.54, 1.807) is 12.3 Å². The third kappa shape index (κ3) is 5.11. The van der Waals surface area contributed by atoms with Gasteiger partial charge in [0.15, 0.2) is 0 Å². The zero-order valence-electron chi connectivity index (χ0n) is 9.90. The molecule has 16 heavy (non-hydrogen) atoms. The first-order valence-electron chi connectivity index (χ1n) is 5.29. The average Bonchev–Trinajstić information content (AvgIpc) is 2.14. The summed E-state index contributed by atoms with van der Waals surface area (Å²) in [6.07, 6.45) is 4.92. The smallest absolute Gasteiger partial charge is 0.230 e. The number of nitrogens with zero attached hydrogens (tertiary/aromatic N) is 1. The van der Waals surface area contributed by atoms with Crippen LogP contribution in [0.3, 0.4) is 0 Å². The molecule has 0 unspecified atom stereocenters. The van der Waals surface area contributed by atoms with Crippen LogP contribution in [0.15, 0.2) is 18.3 Å². The lowest BCUT2D eigenvalue weighted by Gasteiger charge is -2.06. The molecular weight excluding hydrogens is 224 g/mol. The van der Waals surface area contributed by atoms with Gasteiger partial charge in [-0.3, -0.25) is 4.72 Å². The second kappa shape index (κ2) is 5.30. The number of anilines is 1. The molecule has 1 aromatic heterocycles. The summed E-state index contributed by atoms with van der Waals surface area (Å²) in [5, 5.41) is 0. The quantitative estimate of drug-likeness (QED) is 0.859. The van der Waals surface area contributed by atoms with Gasteiger partial charge in [-0.25, -0.2) is 13.4 Å². The van der Waals surface area contributed by atoms with E-state index < -0.39 is 10.0 Å². The molecule has 0 saturated heterocycles. The minimum absolute atomic E-state index is 0.371. The van der Waals surface area contributed by atoms with E-state index in [-0.39, 0.29) is 0 Å². The lowest BCUT2D eigenvalue weighted by atomic mass is 10.0. The Kier molecular flexibility index (Phi) is 4.29. The molecule has 5 heteroatoms. The van der Waals surface area contributed by atoms with Crippen molar-refractivity contribution in [3.63, 3.8) is 0 Å². The number of hydrogen-bond donors (Lipinski definition) is 1. The first-order valence-corrected chi connectivity index (χ1v) is 7.18. The molecule has 90 valence electrons. The first kappa shape index (κ1) is 13.0. The van der Waals surface area contributed by atoms with E-state index in [4.69, 9.17) is 0 Å².